The number of rotatable bonds is 6. The highest BCUT2D eigenvalue weighted by atomic mass is 127. The fourth-order valence-corrected chi connectivity index (χ4v) is 3.85. The van der Waals surface area contributed by atoms with Crippen molar-refractivity contribution < 1.29 is 4.74 Å². The lowest BCUT2D eigenvalue weighted by atomic mass is 10.0. The molecule has 1 heterocycles. The first-order valence-corrected chi connectivity index (χ1v) is 9.86. The molecule has 5 nitrogen and oxygen atoms in total. The molecule has 0 bridgehead atoms. The zero-order valence-corrected chi connectivity index (χ0v) is 19.8. The van der Waals surface area contributed by atoms with Crippen LogP contribution in [0.1, 0.15) is 29.3 Å². The Kier molecular flexibility index (Phi) is 8.65. The summed E-state index contributed by atoms with van der Waals surface area (Å²) in [4.78, 5) is 11.2. The van der Waals surface area contributed by atoms with Gasteiger partial charge in [0.1, 0.15) is 11.1 Å². The van der Waals surface area contributed by atoms with Crippen molar-refractivity contribution in [2.45, 2.75) is 26.1 Å². The number of benzene rings is 2. The van der Waals surface area contributed by atoms with Gasteiger partial charge in [0.15, 0.2) is 5.96 Å². The molecular formula is C21H27IN4OS. The zero-order valence-electron chi connectivity index (χ0n) is 16.7. The van der Waals surface area contributed by atoms with Crippen LogP contribution in [-0.2, 0) is 17.8 Å². The second-order valence-corrected chi connectivity index (χ2v) is 7.34. The van der Waals surface area contributed by atoms with E-state index in [0.29, 0.717) is 6.54 Å². The van der Waals surface area contributed by atoms with Crippen LogP contribution in [-0.4, -0.2) is 37.0 Å². The Bertz CT molecular complexity index is 922. The molecular weight excluding hydrogens is 483 g/mol. The first-order chi connectivity index (χ1) is 13.1. The van der Waals surface area contributed by atoms with Gasteiger partial charge in [0, 0.05) is 33.1 Å². The van der Waals surface area contributed by atoms with Gasteiger partial charge < -0.3 is 15.0 Å². The predicted octanol–water partition coefficient (Wildman–Crippen LogP) is 4.83. The molecule has 0 aliphatic carbocycles. The highest BCUT2D eigenvalue weighted by Crippen LogP contribution is 2.21. The summed E-state index contributed by atoms with van der Waals surface area (Å²) in [6, 6.07) is 14.8. The van der Waals surface area contributed by atoms with Crippen LogP contribution in [0.5, 0.6) is 0 Å². The molecule has 3 rings (SSSR count). The summed E-state index contributed by atoms with van der Waals surface area (Å²) in [5, 5.41) is 9.07. The first-order valence-electron chi connectivity index (χ1n) is 8.98. The van der Waals surface area contributed by atoms with Crippen LogP contribution in [0.2, 0.25) is 0 Å². The molecule has 1 atom stereocenters. The number of methoxy groups -OCH3 is 1. The first kappa shape index (κ1) is 22.6. The number of ether oxygens (including phenoxy) is 1. The molecule has 0 amide bonds. The van der Waals surface area contributed by atoms with Crippen LogP contribution < -0.4 is 5.32 Å². The average Bonchev–Trinajstić information content (AvgIpc) is 3.16. The Balaban J connectivity index is 0.00000280. The fraction of sp³-hybridized carbons (Fsp3) is 0.333. The minimum atomic E-state index is 0. The lowest BCUT2D eigenvalue weighted by Crippen LogP contribution is -2.38. The summed E-state index contributed by atoms with van der Waals surface area (Å²) in [5.74, 6) is 0.845. The Morgan fingerprint density at radius 1 is 1.25 bits per heavy atom. The maximum absolute atomic E-state index is 5.34. The van der Waals surface area contributed by atoms with Crippen molar-refractivity contribution in [3.05, 3.63) is 64.1 Å². The minimum absolute atomic E-state index is 0. The number of aromatic nitrogens is 1. The lowest BCUT2D eigenvalue weighted by molar-refractivity contribution is 0.119. The molecule has 0 radical (unpaired) electrons. The molecule has 0 spiro atoms. The number of halogens is 1. The van der Waals surface area contributed by atoms with E-state index in [9.17, 15) is 0 Å². The summed E-state index contributed by atoms with van der Waals surface area (Å²) in [7, 11) is 5.54. The van der Waals surface area contributed by atoms with Crippen LogP contribution in [0.15, 0.2) is 52.8 Å². The number of hydrogen-bond donors (Lipinski definition) is 1. The number of fused-ring (bicyclic) bond motifs is 1. The van der Waals surface area contributed by atoms with Crippen LogP contribution in [0, 0.1) is 0 Å². The maximum Gasteiger partial charge on any atom is 0.194 e. The van der Waals surface area contributed by atoms with Crippen molar-refractivity contribution in [2.75, 3.05) is 21.2 Å². The van der Waals surface area contributed by atoms with Crippen molar-refractivity contribution in [1.82, 2.24) is 15.2 Å². The molecule has 3 aromatic rings. The van der Waals surface area contributed by atoms with Crippen molar-refractivity contribution in [3.8, 4) is 0 Å². The Labute approximate surface area is 187 Å². The third kappa shape index (κ3) is 5.42. The summed E-state index contributed by atoms with van der Waals surface area (Å²) in [5.41, 5.74) is 2.28. The van der Waals surface area contributed by atoms with Gasteiger partial charge >= 0.3 is 0 Å². The van der Waals surface area contributed by atoms with Gasteiger partial charge in [-0.3, -0.25) is 4.99 Å². The van der Waals surface area contributed by atoms with Crippen molar-refractivity contribution in [2.24, 2.45) is 4.99 Å². The molecule has 0 saturated carbocycles. The SMILES string of the molecule is CN=C(NCc1cccc2ccccc12)N(C)Cc1csc(C(C)OC)n1.I. The van der Waals surface area contributed by atoms with Gasteiger partial charge in [-0.15, -0.1) is 35.3 Å². The Hall–Kier alpha value is -1.71. The zero-order chi connectivity index (χ0) is 19.2. The number of nitrogens with zero attached hydrogens (tertiary/aromatic N) is 3. The number of guanidine groups is 1. The third-order valence-corrected chi connectivity index (χ3v) is 5.61. The smallest absolute Gasteiger partial charge is 0.194 e. The molecule has 0 aliphatic heterocycles. The second kappa shape index (κ2) is 10.7. The van der Waals surface area contributed by atoms with Crippen LogP contribution in [0.3, 0.4) is 0 Å². The predicted molar refractivity (Wildman–Crippen MR) is 129 cm³/mol. The Morgan fingerprint density at radius 2 is 2.00 bits per heavy atom. The van der Waals surface area contributed by atoms with E-state index in [1.54, 1.807) is 25.5 Å². The lowest BCUT2D eigenvalue weighted by Gasteiger charge is -2.21. The molecule has 1 aromatic heterocycles. The van der Waals surface area contributed by atoms with E-state index in [-0.39, 0.29) is 30.1 Å². The number of hydrogen-bond acceptors (Lipinski definition) is 4. The van der Waals surface area contributed by atoms with E-state index >= 15 is 0 Å². The summed E-state index contributed by atoms with van der Waals surface area (Å²) in [6.07, 6.45) is 0.0258. The second-order valence-electron chi connectivity index (χ2n) is 6.45. The van der Waals surface area contributed by atoms with E-state index in [0.717, 1.165) is 23.2 Å². The van der Waals surface area contributed by atoms with Crippen molar-refractivity contribution in [3.63, 3.8) is 0 Å². The van der Waals surface area contributed by atoms with Gasteiger partial charge in [-0.05, 0) is 23.3 Å². The monoisotopic (exact) mass is 510 g/mol. The molecule has 2 aromatic carbocycles. The normalized spacial score (nSPS) is 12.5. The van der Waals surface area contributed by atoms with Crippen LogP contribution >= 0.6 is 35.3 Å². The fourth-order valence-electron chi connectivity index (χ4n) is 3.01. The number of thiazole rings is 1. The highest BCUT2D eigenvalue weighted by Gasteiger charge is 2.13. The maximum atomic E-state index is 5.34. The number of nitrogens with one attached hydrogen (secondary N) is 1. The molecule has 0 saturated heterocycles. The van der Waals surface area contributed by atoms with Gasteiger partial charge in [0.2, 0.25) is 0 Å². The molecule has 1 N–H and O–H groups in total. The van der Waals surface area contributed by atoms with Gasteiger partial charge in [-0.2, -0.15) is 0 Å². The summed E-state index contributed by atoms with van der Waals surface area (Å²) >= 11 is 1.63. The van der Waals surface area contributed by atoms with Crippen molar-refractivity contribution in [1.29, 1.82) is 0 Å². The van der Waals surface area contributed by atoms with Gasteiger partial charge in [-0.1, -0.05) is 42.5 Å². The van der Waals surface area contributed by atoms with E-state index < -0.39 is 0 Å². The van der Waals surface area contributed by atoms with Gasteiger partial charge in [0.05, 0.1) is 12.2 Å². The topological polar surface area (TPSA) is 49.8 Å². The molecule has 0 aliphatic rings. The quantitative estimate of drug-likeness (QED) is 0.293. The van der Waals surface area contributed by atoms with E-state index in [2.05, 4.69) is 68.0 Å². The molecule has 7 heteroatoms. The number of aliphatic imine (C=N–C) groups is 1. The van der Waals surface area contributed by atoms with E-state index in [4.69, 9.17) is 4.74 Å². The van der Waals surface area contributed by atoms with Crippen LogP contribution in [0.25, 0.3) is 10.8 Å². The largest absolute Gasteiger partial charge is 0.375 e. The Morgan fingerprint density at radius 3 is 2.75 bits per heavy atom. The van der Waals surface area contributed by atoms with Crippen molar-refractivity contribution >= 4 is 52.0 Å². The standard InChI is InChI=1S/C21H26N4OS.HI/c1-15(26-4)20-24-18(14-27-20)13-25(3)21(22-2)23-12-17-10-7-9-16-8-5-6-11-19(16)17;/h5-11,14-15H,12-13H2,1-4H3,(H,22,23);1H. The van der Waals surface area contributed by atoms with E-state index in [1.165, 1.54) is 16.3 Å². The van der Waals surface area contributed by atoms with Crippen LogP contribution in [0.4, 0.5) is 0 Å². The van der Waals surface area contributed by atoms with Gasteiger partial charge in [-0.25, -0.2) is 4.98 Å². The van der Waals surface area contributed by atoms with E-state index in [1.807, 2.05) is 14.0 Å². The molecule has 1 unspecified atom stereocenters. The molecule has 150 valence electrons. The summed E-state index contributed by atoms with van der Waals surface area (Å²) < 4.78 is 5.34. The highest BCUT2D eigenvalue weighted by molar-refractivity contribution is 14.0. The van der Waals surface area contributed by atoms with Gasteiger partial charge in [0.25, 0.3) is 0 Å². The molecule has 28 heavy (non-hydrogen) atoms. The minimum Gasteiger partial charge on any atom is -0.375 e. The molecule has 0 fully saturated rings. The summed E-state index contributed by atoms with van der Waals surface area (Å²) in [6.45, 7) is 3.43. The average molecular weight is 510 g/mol. The third-order valence-electron chi connectivity index (χ3n) is 4.56.